The predicted molar refractivity (Wildman–Crippen MR) is 90.3 cm³/mol. The zero-order valence-electron chi connectivity index (χ0n) is 12.9. The van der Waals surface area contributed by atoms with Crippen LogP contribution in [0.4, 0.5) is 0 Å². The van der Waals surface area contributed by atoms with Crippen LogP contribution in [-0.2, 0) is 5.41 Å². The van der Waals surface area contributed by atoms with Gasteiger partial charge in [0.1, 0.15) is 0 Å². The normalized spacial score (nSPS) is 23.7. The van der Waals surface area contributed by atoms with Crippen LogP contribution in [0.3, 0.4) is 0 Å². The lowest BCUT2D eigenvalue weighted by Gasteiger charge is -2.41. The van der Waals surface area contributed by atoms with Crippen LogP contribution in [0.15, 0.2) is 65.8 Å². The molecular weight excluding hydrogens is 286 g/mol. The Morgan fingerprint density at radius 3 is 2.35 bits per heavy atom. The summed E-state index contributed by atoms with van der Waals surface area (Å²) in [7, 11) is 0. The van der Waals surface area contributed by atoms with Crippen LogP contribution in [0, 0.1) is 0 Å². The molecule has 1 aliphatic carbocycles. The molecule has 0 spiro atoms. The van der Waals surface area contributed by atoms with E-state index < -0.39 is 5.41 Å². The van der Waals surface area contributed by atoms with Crippen LogP contribution < -0.4 is 0 Å². The highest BCUT2D eigenvalue weighted by atomic mass is 16.1. The molecule has 0 aromatic heterocycles. The molecule has 0 bridgehead atoms. The molecule has 2 aromatic carbocycles. The molecule has 0 amide bonds. The van der Waals surface area contributed by atoms with E-state index in [9.17, 15) is 4.79 Å². The molecule has 3 rings (SSSR count). The minimum Gasteiger partial charge on any atom is -0.293 e. The molecule has 0 saturated heterocycles. The topological polar surface area (TPSA) is 65.8 Å². The fraction of sp³-hybridized carbons (Fsp3) is 0.316. The lowest BCUT2D eigenvalue weighted by Crippen LogP contribution is -2.47. The van der Waals surface area contributed by atoms with Gasteiger partial charge in [-0.05, 0) is 23.9 Å². The summed E-state index contributed by atoms with van der Waals surface area (Å²) in [6, 6.07) is 18.8. The van der Waals surface area contributed by atoms with Gasteiger partial charge in [0.15, 0.2) is 5.78 Å². The van der Waals surface area contributed by atoms with Crippen molar-refractivity contribution in [2.24, 2.45) is 5.11 Å². The highest BCUT2D eigenvalue weighted by molar-refractivity contribution is 6.04. The second kappa shape index (κ2) is 6.67. The van der Waals surface area contributed by atoms with Crippen molar-refractivity contribution in [1.29, 1.82) is 0 Å². The molecule has 2 atom stereocenters. The number of hydrogen-bond donors (Lipinski definition) is 0. The van der Waals surface area contributed by atoms with Gasteiger partial charge in [-0.1, -0.05) is 78.6 Å². The van der Waals surface area contributed by atoms with Crippen molar-refractivity contribution in [2.75, 3.05) is 0 Å². The molecule has 23 heavy (non-hydrogen) atoms. The maximum absolute atomic E-state index is 13.4. The molecule has 0 unspecified atom stereocenters. The van der Waals surface area contributed by atoms with E-state index in [-0.39, 0.29) is 11.8 Å². The molecule has 1 saturated carbocycles. The van der Waals surface area contributed by atoms with Crippen molar-refractivity contribution >= 4 is 5.78 Å². The number of carbonyl (C=O) groups is 1. The van der Waals surface area contributed by atoms with Gasteiger partial charge in [0.05, 0.1) is 11.5 Å². The van der Waals surface area contributed by atoms with E-state index in [1.807, 2.05) is 60.7 Å². The molecular formula is C19H19N3O. The van der Waals surface area contributed by atoms with Gasteiger partial charge in [-0.2, -0.15) is 0 Å². The van der Waals surface area contributed by atoms with E-state index >= 15 is 0 Å². The minimum atomic E-state index is -0.757. The van der Waals surface area contributed by atoms with Crippen molar-refractivity contribution in [3.63, 3.8) is 0 Å². The van der Waals surface area contributed by atoms with Gasteiger partial charge in [0, 0.05) is 10.5 Å². The standard InChI is InChI=1S/C19H19N3O/c20-22-21-17-13-7-8-14-19(17,16-11-5-2-6-12-16)18(23)15-9-3-1-4-10-15/h1-6,9-12,17H,7-8,13-14H2/t17-,19-/m0/s1. The fourth-order valence-corrected chi connectivity index (χ4v) is 3.69. The molecule has 0 aliphatic heterocycles. The number of benzene rings is 2. The van der Waals surface area contributed by atoms with Gasteiger partial charge >= 0.3 is 0 Å². The lowest BCUT2D eigenvalue weighted by molar-refractivity contribution is 0.0812. The number of Topliss-reactive ketones (excluding diaryl/α,β-unsaturated/α-hetero) is 1. The van der Waals surface area contributed by atoms with E-state index in [1.54, 1.807) is 0 Å². The summed E-state index contributed by atoms with van der Waals surface area (Å²) in [5.41, 5.74) is 9.87. The number of rotatable bonds is 4. The Hall–Kier alpha value is -2.58. The average molecular weight is 305 g/mol. The summed E-state index contributed by atoms with van der Waals surface area (Å²) in [5.74, 6) is 0.0569. The first kappa shape index (κ1) is 15.3. The van der Waals surface area contributed by atoms with Crippen molar-refractivity contribution < 1.29 is 4.79 Å². The third kappa shape index (κ3) is 2.73. The zero-order chi connectivity index (χ0) is 16.1. The summed E-state index contributed by atoms with van der Waals surface area (Å²) in [6.07, 6.45) is 3.41. The summed E-state index contributed by atoms with van der Waals surface area (Å²) >= 11 is 0. The van der Waals surface area contributed by atoms with Crippen LogP contribution in [-0.4, -0.2) is 11.8 Å². The maximum atomic E-state index is 13.4. The molecule has 4 nitrogen and oxygen atoms in total. The Morgan fingerprint density at radius 1 is 1.04 bits per heavy atom. The SMILES string of the molecule is [N-]=[N+]=N[C@H]1CCCC[C@]1(C(=O)c1ccccc1)c1ccccc1. The smallest absolute Gasteiger partial charge is 0.173 e. The Labute approximate surface area is 135 Å². The summed E-state index contributed by atoms with van der Waals surface area (Å²) < 4.78 is 0. The number of ketones is 1. The lowest BCUT2D eigenvalue weighted by atomic mass is 9.62. The predicted octanol–water partition coefficient (Wildman–Crippen LogP) is 5.06. The number of carbonyl (C=O) groups excluding carboxylic acids is 1. The minimum absolute atomic E-state index is 0.0569. The zero-order valence-corrected chi connectivity index (χ0v) is 12.9. The summed E-state index contributed by atoms with van der Waals surface area (Å²) in [6.45, 7) is 0. The Morgan fingerprint density at radius 2 is 1.70 bits per heavy atom. The first-order valence-electron chi connectivity index (χ1n) is 7.98. The average Bonchev–Trinajstić information content (AvgIpc) is 2.63. The number of nitrogens with zero attached hydrogens (tertiary/aromatic N) is 3. The monoisotopic (exact) mass is 305 g/mol. The highest BCUT2D eigenvalue weighted by Gasteiger charge is 2.47. The van der Waals surface area contributed by atoms with E-state index in [1.165, 1.54) is 0 Å². The van der Waals surface area contributed by atoms with Crippen LogP contribution in [0.1, 0.15) is 41.6 Å². The first-order chi connectivity index (χ1) is 11.3. The quantitative estimate of drug-likeness (QED) is 0.337. The van der Waals surface area contributed by atoms with Crippen molar-refractivity contribution in [2.45, 2.75) is 37.1 Å². The number of hydrogen-bond acceptors (Lipinski definition) is 2. The molecule has 1 aliphatic rings. The third-order valence-corrected chi connectivity index (χ3v) is 4.79. The molecule has 116 valence electrons. The van der Waals surface area contributed by atoms with Crippen LogP contribution in [0.2, 0.25) is 0 Å². The largest absolute Gasteiger partial charge is 0.293 e. The number of azide groups is 1. The molecule has 0 radical (unpaired) electrons. The Kier molecular flexibility index (Phi) is 4.45. The third-order valence-electron chi connectivity index (χ3n) is 4.79. The molecule has 0 heterocycles. The van der Waals surface area contributed by atoms with E-state index in [0.717, 1.165) is 24.8 Å². The van der Waals surface area contributed by atoms with Crippen molar-refractivity contribution in [3.8, 4) is 0 Å². The second-order valence-electron chi connectivity index (χ2n) is 6.00. The van der Waals surface area contributed by atoms with Gasteiger partial charge in [-0.3, -0.25) is 4.79 Å². The summed E-state index contributed by atoms with van der Waals surface area (Å²) in [5, 5.41) is 4.02. The van der Waals surface area contributed by atoms with Gasteiger partial charge in [-0.15, -0.1) is 0 Å². The van der Waals surface area contributed by atoms with Gasteiger partial charge < -0.3 is 0 Å². The fourth-order valence-electron chi connectivity index (χ4n) is 3.69. The van der Waals surface area contributed by atoms with Crippen LogP contribution in [0.5, 0.6) is 0 Å². The van der Waals surface area contributed by atoms with E-state index in [2.05, 4.69) is 10.0 Å². The Bertz CT molecular complexity index is 723. The Balaban J connectivity index is 2.17. The molecule has 1 fully saturated rings. The summed E-state index contributed by atoms with van der Waals surface area (Å²) in [4.78, 5) is 16.5. The van der Waals surface area contributed by atoms with Crippen molar-refractivity contribution in [3.05, 3.63) is 82.2 Å². The first-order valence-corrected chi connectivity index (χ1v) is 7.98. The van der Waals surface area contributed by atoms with Gasteiger partial charge in [-0.25, -0.2) is 0 Å². The second-order valence-corrected chi connectivity index (χ2v) is 6.00. The van der Waals surface area contributed by atoms with E-state index in [4.69, 9.17) is 5.53 Å². The maximum Gasteiger partial charge on any atom is 0.173 e. The van der Waals surface area contributed by atoms with Gasteiger partial charge in [0.2, 0.25) is 0 Å². The van der Waals surface area contributed by atoms with Crippen LogP contribution >= 0.6 is 0 Å². The van der Waals surface area contributed by atoms with Crippen LogP contribution in [0.25, 0.3) is 10.4 Å². The molecule has 2 aromatic rings. The molecule has 0 N–H and O–H groups in total. The van der Waals surface area contributed by atoms with Gasteiger partial charge in [0.25, 0.3) is 0 Å². The molecule has 4 heteroatoms. The highest BCUT2D eigenvalue weighted by Crippen LogP contribution is 2.44. The van der Waals surface area contributed by atoms with E-state index in [0.29, 0.717) is 12.0 Å². The van der Waals surface area contributed by atoms with Crippen molar-refractivity contribution in [1.82, 2.24) is 0 Å².